The highest BCUT2D eigenvalue weighted by Crippen LogP contribution is 2.37. The summed E-state index contributed by atoms with van der Waals surface area (Å²) in [5.41, 5.74) is 8.66. The summed E-state index contributed by atoms with van der Waals surface area (Å²) in [5, 5.41) is 14.1. The van der Waals surface area contributed by atoms with Crippen LogP contribution in [0.2, 0.25) is 0 Å². The number of nitrogens with two attached hydrogens (primary N) is 1. The number of aromatic nitrogens is 2. The lowest BCUT2D eigenvalue weighted by atomic mass is 9.97. The number of hydrogen-bond acceptors (Lipinski definition) is 6. The third-order valence-corrected chi connectivity index (χ3v) is 6.01. The van der Waals surface area contributed by atoms with Crippen LogP contribution in [0.5, 0.6) is 5.75 Å². The number of nitrogen functional groups attached to an aromatic ring is 1. The molecule has 2 aromatic heterocycles. The lowest BCUT2D eigenvalue weighted by Gasteiger charge is -2.14. The zero-order valence-electron chi connectivity index (χ0n) is 14.2. The molecule has 25 heavy (non-hydrogen) atoms. The van der Waals surface area contributed by atoms with Crippen molar-refractivity contribution < 1.29 is 5.11 Å². The lowest BCUT2D eigenvalue weighted by molar-refractivity contribution is 0.472. The Morgan fingerprint density at radius 3 is 2.96 bits per heavy atom. The minimum atomic E-state index is 0.0872. The fourth-order valence-electron chi connectivity index (χ4n) is 3.47. The van der Waals surface area contributed by atoms with Gasteiger partial charge >= 0.3 is 0 Å². The van der Waals surface area contributed by atoms with Gasteiger partial charge in [-0.1, -0.05) is 12.1 Å². The van der Waals surface area contributed by atoms with Crippen LogP contribution in [0.15, 0.2) is 24.3 Å². The van der Waals surface area contributed by atoms with Gasteiger partial charge in [0.2, 0.25) is 0 Å². The summed E-state index contributed by atoms with van der Waals surface area (Å²) in [6.07, 6.45) is 4.71. The number of rotatable bonds is 4. The van der Waals surface area contributed by atoms with Crippen molar-refractivity contribution in [2.24, 2.45) is 0 Å². The van der Waals surface area contributed by atoms with Crippen molar-refractivity contribution in [1.29, 1.82) is 0 Å². The quantitative estimate of drug-likeness (QED) is 0.665. The molecule has 0 aliphatic heterocycles. The highest BCUT2D eigenvalue weighted by atomic mass is 32.1. The fraction of sp³-hybridized carbons (Fsp3) is 0.368. The lowest BCUT2D eigenvalue weighted by Crippen LogP contribution is -2.20. The summed E-state index contributed by atoms with van der Waals surface area (Å²) < 4.78 is 0. The second-order valence-electron chi connectivity index (χ2n) is 6.61. The number of nitrogens with zero attached hydrogens (tertiary/aromatic N) is 2. The third kappa shape index (κ3) is 3.19. The SMILES string of the molecule is CC(NCc1nc(N)c2c3c(sc2n1)CCCC3)c1cccc(O)c1. The minimum absolute atomic E-state index is 0.0872. The summed E-state index contributed by atoms with van der Waals surface area (Å²) in [4.78, 5) is 11.7. The molecule has 130 valence electrons. The molecule has 6 heteroatoms. The van der Waals surface area contributed by atoms with Crippen molar-refractivity contribution in [3.05, 3.63) is 46.1 Å². The number of hydrogen-bond donors (Lipinski definition) is 3. The average Bonchev–Trinajstić information content (AvgIpc) is 2.98. The molecule has 1 aliphatic rings. The molecular formula is C19H22N4OS. The molecule has 1 aromatic carbocycles. The monoisotopic (exact) mass is 354 g/mol. The van der Waals surface area contributed by atoms with Crippen molar-refractivity contribution in [2.75, 3.05) is 5.73 Å². The first kappa shape index (κ1) is 16.3. The van der Waals surface area contributed by atoms with Gasteiger partial charge in [0.1, 0.15) is 22.2 Å². The number of benzene rings is 1. The number of phenolic OH excluding ortho intramolecular Hbond substituents is 1. The molecule has 2 heterocycles. The molecule has 3 aromatic rings. The molecule has 0 spiro atoms. The Bertz CT molecular complexity index is 921. The van der Waals surface area contributed by atoms with E-state index in [9.17, 15) is 5.11 Å². The fourth-order valence-corrected chi connectivity index (χ4v) is 4.75. The molecule has 0 bridgehead atoms. The molecule has 0 amide bonds. The van der Waals surface area contributed by atoms with E-state index >= 15 is 0 Å². The van der Waals surface area contributed by atoms with Gasteiger partial charge in [0, 0.05) is 10.9 Å². The molecule has 0 radical (unpaired) electrons. The van der Waals surface area contributed by atoms with Gasteiger partial charge in [-0.3, -0.25) is 0 Å². The second kappa shape index (κ2) is 6.61. The standard InChI is InChI=1S/C19H22N4OS/c1-11(12-5-4-6-13(24)9-12)21-10-16-22-18(20)17-14-7-2-3-8-15(14)25-19(17)23-16/h4-6,9,11,21,24H,2-3,7-8,10H2,1H3,(H2,20,22,23). The number of phenols is 1. The molecule has 0 saturated heterocycles. The Kier molecular flexibility index (Phi) is 4.31. The van der Waals surface area contributed by atoms with Crippen molar-refractivity contribution in [1.82, 2.24) is 15.3 Å². The van der Waals surface area contributed by atoms with Gasteiger partial charge < -0.3 is 16.2 Å². The van der Waals surface area contributed by atoms with Gasteiger partial charge in [0.15, 0.2) is 0 Å². The van der Waals surface area contributed by atoms with Crippen LogP contribution in [-0.2, 0) is 19.4 Å². The van der Waals surface area contributed by atoms with Crippen LogP contribution in [0.3, 0.4) is 0 Å². The molecule has 5 nitrogen and oxygen atoms in total. The maximum absolute atomic E-state index is 9.61. The summed E-state index contributed by atoms with van der Waals surface area (Å²) >= 11 is 1.77. The van der Waals surface area contributed by atoms with Crippen LogP contribution in [0.25, 0.3) is 10.2 Å². The van der Waals surface area contributed by atoms with Crippen molar-refractivity contribution in [2.45, 2.75) is 45.2 Å². The number of aromatic hydroxyl groups is 1. The van der Waals surface area contributed by atoms with Gasteiger partial charge in [-0.15, -0.1) is 11.3 Å². The largest absolute Gasteiger partial charge is 0.508 e. The minimum Gasteiger partial charge on any atom is -0.508 e. The van der Waals surface area contributed by atoms with Crippen LogP contribution in [-0.4, -0.2) is 15.1 Å². The van der Waals surface area contributed by atoms with Crippen LogP contribution in [0.1, 0.15) is 47.6 Å². The first-order valence-corrected chi connectivity index (χ1v) is 9.52. The molecule has 1 aliphatic carbocycles. The Hall–Kier alpha value is -2.18. The Labute approximate surface area is 150 Å². The van der Waals surface area contributed by atoms with Crippen LogP contribution in [0, 0.1) is 0 Å². The van der Waals surface area contributed by atoms with Gasteiger partial charge in [0.25, 0.3) is 0 Å². The predicted octanol–water partition coefficient (Wildman–Crippen LogP) is 3.71. The first-order chi connectivity index (χ1) is 12.1. The van der Waals surface area contributed by atoms with Crippen LogP contribution in [0.4, 0.5) is 5.82 Å². The van der Waals surface area contributed by atoms with Crippen molar-refractivity contribution in [3.63, 3.8) is 0 Å². The topological polar surface area (TPSA) is 84.1 Å². The maximum atomic E-state index is 9.61. The van der Waals surface area contributed by atoms with Gasteiger partial charge in [-0.2, -0.15) is 0 Å². The van der Waals surface area contributed by atoms with E-state index < -0.39 is 0 Å². The van der Waals surface area contributed by atoms with E-state index in [1.54, 1.807) is 23.5 Å². The van der Waals surface area contributed by atoms with E-state index in [0.717, 1.165) is 34.4 Å². The van der Waals surface area contributed by atoms with Crippen molar-refractivity contribution in [3.8, 4) is 5.75 Å². The Morgan fingerprint density at radius 2 is 2.12 bits per heavy atom. The predicted molar refractivity (Wildman–Crippen MR) is 102 cm³/mol. The average molecular weight is 354 g/mol. The molecule has 4 rings (SSSR count). The summed E-state index contributed by atoms with van der Waals surface area (Å²) in [7, 11) is 0. The molecular weight excluding hydrogens is 332 g/mol. The summed E-state index contributed by atoms with van der Waals surface area (Å²) in [6.45, 7) is 2.60. The maximum Gasteiger partial charge on any atom is 0.146 e. The van der Waals surface area contributed by atoms with E-state index in [-0.39, 0.29) is 11.8 Å². The van der Waals surface area contributed by atoms with E-state index in [4.69, 9.17) is 10.7 Å². The Balaban J connectivity index is 1.56. The molecule has 0 saturated carbocycles. The van der Waals surface area contributed by atoms with Gasteiger partial charge in [-0.05, 0) is 55.9 Å². The van der Waals surface area contributed by atoms with Crippen LogP contribution >= 0.6 is 11.3 Å². The zero-order valence-corrected chi connectivity index (χ0v) is 15.1. The first-order valence-electron chi connectivity index (χ1n) is 8.71. The van der Waals surface area contributed by atoms with Gasteiger partial charge in [-0.25, -0.2) is 9.97 Å². The smallest absolute Gasteiger partial charge is 0.146 e. The number of nitrogens with one attached hydrogen (secondary N) is 1. The number of anilines is 1. The van der Waals surface area contributed by atoms with E-state index in [1.807, 2.05) is 12.1 Å². The molecule has 1 unspecified atom stereocenters. The molecule has 4 N–H and O–H groups in total. The number of aryl methyl sites for hydroxylation is 2. The zero-order chi connectivity index (χ0) is 17.4. The summed E-state index contributed by atoms with van der Waals surface area (Å²) in [5.74, 6) is 1.60. The Morgan fingerprint density at radius 1 is 1.28 bits per heavy atom. The second-order valence-corrected chi connectivity index (χ2v) is 7.70. The highest BCUT2D eigenvalue weighted by Gasteiger charge is 2.20. The number of fused-ring (bicyclic) bond motifs is 3. The molecule has 1 atom stereocenters. The highest BCUT2D eigenvalue weighted by molar-refractivity contribution is 7.19. The van der Waals surface area contributed by atoms with E-state index in [0.29, 0.717) is 12.4 Å². The van der Waals surface area contributed by atoms with E-state index in [1.165, 1.54) is 23.3 Å². The summed E-state index contributed by atoms with van der Waals surface area (Å²) in [6, 6.07) is 7.36. The van der Waals surface area contributed by atoms with E-state index in [2.05, 4.69) is 17.2 Å². The van der Waals surface area contributed by atoms with Crippen LogP contribution < -0.4 is 11.1 Å². The third-order valence-electron chi connectivity index (χ3n) is 4.83. The number of thiophene rings is 1. The molecule has 0 fully saturated rings. The normalized spacial score (nSPS) is 15.2. The van der Waals surface area contributed by atoms with Crippen molar-refractivity contribution >= 4 is 27.4 Å². The van der Waals surface area contributed by atoms with Gasteiger partial charge in [0.05, 0.1) is 11.9 Å².